The summed E-state index contributed by atoms with van der Waals surface area (Å²) in [6.07, 6.45) is 6.33. The van der Waals surface area contributed by atoms with E-state index in [0.29, 0.717) is 6.10 Å². The van der Waals surface area contributed by atoms with Crippen molar-refractivity contribution in [2.45, 2.75) is 44.3 Å². The zero-order valence-electron chi connectivity index (χ0n) is 9.64. The number of aliphatic hydroxyl groups is 1. The Bertz CT molecular complexity index is 291. The molecule has 0 heterocycles. The van der Waals surface area contributed by atoms with Crippen LogP contribution >= 0.6 is 0 Å². The van der Waals surface area contributed by atoms with Crippen LogP contribution in [0, 0.1) is 0 Å². The Kier molecular flexibility index (Phi) is 4.37. The minimum absolute atomic E-state index is 0.0700. The van der Waals surface area contributed by atoms with Gasteiger partial charge in [-0.3, -0.25) is 0 Å². The maximum Gasteiger partial charge on any atom is 0.106 e. The lowest BCUT2D eigenvalue weighted by molar-refractivity contribution is -0.0550. The van der Waals surface area contributed by atoms with E-state index >= 15 is 0 Å². The third-order valence-corrected chi connectivity index (χ3v) is 3.25. The first-order chi connectivity index (χ1) is 7.90. The molecular formula is C14H20O2. The summed E-state index contributed by atoms with van der Waals surface area (Å²) < 4.78 is 5.98. The molecule has 1 aliphatic rings. The van der Waals surface area contributed by atoms with Crippen molar-refractivity contribution in [2.24, 2.45) is 0 Å². The van der Waals surface area contributed by atoms with Crippen molar-refractivity contribution in [1.82, 2.24) is 0 Å². The summed E-state index contributed by atoms with van der Waals surface area (Å²) in [6.45, 7) is 0.0700. The molecule has 1 aromatic carbocycles. The Labute approximate surface area is 97.3 Å². The average Bonchev–Trinajstić information content (AvgIpc) is 2.38. The molecule has 1 aromatic rings. The van der Waals surface area contributed by atoms with Crippen LogP contribution in [0.2, 0.25) is 0 Å². The molecule has 0 aliphatic heterocycles. The lowest BCUT2D eigenvalue weighted by Crippen LogP contribution is -2.21. The van der Waals surface area contributed by atoms with Crippen molar-refractivity contribution in [1.29, 1.82) is 0 Å². The van der Waals surface area contributed by atoms with Crippen molar-refractivity contribution in [3.8, 4) is 0 Å². The van der Waals surface area contributed by atoms with Gasteiger partial charge in [0.1, 0.15) is 6.10 Å². The summed E-state index contributed by atoms with van der Waals surface area (Å²) in [5.74, 6) is 0. The van der Waals surface area contributed by atoms with Crippen LogP contribution in [-0.2, 0) is 4.74 Å². The van der Waals surface area contributed by atoms with Crippen LogP contribution in [0.3, 0.4) is 0 Å². The third-order valence-electron chi connectivity index (χ3n) is 3.25. The fourth-order valence-electron chi connectivity index (χ4n) is 2.33. The van der Waals surface area contributed by atoms with E-state index in [1.165, 1.54) is 19.3 Å². The molecule has 0 radical (unpaired) electrons. The standard InChI is InChI=1S/C14H20O2/c15-11-14(12-7-3-1-4-8-12)16-13-9-5-2-6-10-13/h1,3-4,7-8,13-15H,2,5-6,9-11H2/t14-/m0/s1. The van der Waals surface area contributed by atoms with Crippen molar-refractivity contribution in [3.05, 3.63) is 35.9 Å². The highest BCUT2D eigenvalue weighted by atomic mass is 16.5. The molecule has 88 valence electrons. The van der Waals surface area contributed by atoms with Gasteiger partial charge in [0.15, 0.2) is 0 Å². The fraction of sp³-hybridized carbons (Fsp3) is 0.571. The van der Waals surface area contributed by atoms with E-state index in [0.717, 1.165) is 18.4 Å². The Morgan fingerprint density at radius 1 is 1.12 bits per heavy atom. The lowest BCUT2D eigenvalue weighted by Gasteiger charge is -2.26. The predicted octanol–water partition coefficient (Wildman–Crippen LogP) is 3.07. The molecule has 1 saturated carbocycles. The zero-order chi connectivity index (χ0) is 11.2. The molecule has 1 aliphatic carbocycles. The van der Waals surface area contributed by atoms with Gasteiger partial charge in [-0.05, 0) is 18.4 Å². The maximum absolute atomic E-state index is 9.39. The van der Waals surface area contributed by atoms with Gasteiger partial charge in [-0.15, -0.1) is 0 Å². The van der Waals surface area contributed by atoms with Crippen LogP contribution in [0.25, 0.3) is 0 Å². The molecule has 0 aromatic heterocycles. The highest BCUT2D eigenvalue weighted by Crippen LogP contribution is 2.26. The molecular weight excluding hydrogens is 200 g/mol. The first kappa shape index (κ1) is 11.6. The van der Waals surface area contributed by atoms with Gasteiger partial charge in [0.05, 0.1) is 12.7 Å². The number of aliphatic hydroxyl groups excluding tert-OH is 1. The van der Waals surface area contributed by atoms with Gasteiger partial charge in [-0.1, -0.05) is 49.6 Å². The van der Waals surface area contributed by atoms with Crippen LogP contribution < -0.4 is 0 Å². The number of rotatable bonds is 4. The second-order valence-electron chi connectivity index (χ2n) is 4.48. The van der Waals surface area contributed by atoms with E-state index in [1.807, 2.05) is 30.3 Å². The summed E-state index contributed by atoms with van der Waals surface area (Å²) in [5.41, 5.74) is 1.08. The summed E-state index contributed by atoms with van der Waals surface area (Å²) in [5, 5.41) is 9.39. The minimum atomic E-state index is -0.149. The molecule has 2 heteroatoms. The van der Waals surface area contributed by atoms with Gasteiger partial charge in [-0.25, -0.2) is 0 Å². The van der Waals surface area contributed by atoms with Crippen LogP contribution in [0.15, 0.2) is 30.3 Å². The molecule has 0 amide bonds. The second kappa shape index (κ2) is 6.02. The molecule has 1 atom stereocenters. The van der Waals surface area contributed by atoms with E-state index in [9.17, 15) is 5.11 Å². The zero-order valence-corrected chi connectivity index (χ0v) is 9.64. The van der Waals surface area contributed by atoms with Crippen LogP contribution in [0.4, 0.5) is 0 Å². The third kappa shape index (κ3) is 3.06. The minimum Gasteiger partial charge on any atom is -0.393 e. The summed E-state index contributed by atoms with van der Waals surface area (Å²) in [7, 11) is 0. The molecule has 1 N–H and O–H groups in total. The monoisotopic (exact) mass is 220 g/mol. The van der Waals surface area contributed by atoms with Gasteiger partial charge in [0, 0.05) is 0 Å². The molecule has 1 fully saturated rings. The molecule has 16 heavy (non-hydrogen) atoms. The van der Waals surface area contributed by atoms with E-state index in [2.05, 4.69) is 0 Å². The van der Waals surface area contributed by atoms with Gasteiger partial charge < -0.3 is 9.84 Å². The SMILES string of the molecule is OC[C@H](OC1CCCCC1)c1ccccc1. The summed E-state index contributed by atoms with van der Waals surface area (Å²) in [4.78, 5) is 0. The molecule has 2 rings (SSSR count). The lowest BCUT2D eigenvalue weighted by atomic mass is 9.97. The number of benzene rings is 1. The normalized spacial score (nSPS) is 19.6. The molecule has 0 bridgehead atoms. The van der Waals surface area contributed by atoms with Crippen molar-refractivity contribution >= 4 is 0 Å². The smallest absolute Gasteiger partial charge is 0.106 e. The predicted molar refractivity (Wildman–Crippen MR) is 64.2 cm³/mol. The topological polar surface area (TPSA) is 29.5 Å². The number of hydrogen-bond donors (Lipinski definition) is 1. The van der Waals surface area contributed by atoms with Gasteiger partial charge in [0.25, 0.3) is 0 Å². The molecule has 0 unspecified atom stereocenters. The Balaban J connectivity index is 1.94. The highest BCUT2D eigenvalue weighted by molar-refractivity contribution is 5.17. The fourth-order valence-corrected chi connectivity index (χ4v) is 2.33. The molecule has 0 spiro atoms. The first-order valence-electron chi connectivity index (χ1n) is 6.21. The van der Waals surface area contributed by atoms with Crippen molar-refractivity contribution in [3.63, 3.8) is 0 Å². The Morgan fingerprint density at radius 2 is 1.81 bits per heavy atom. The van der Waals surface area contributed by atoms with Crippen LogP contribution in [0.1, 0.15) is 43.8 Å². The number of ether oxygens (including phenoxy) is 1. The highest BCUT2D eigenvalue weighted by Gasteiger charge is 2.19. The maximum atomic E-state index is 9.39. The Hall–Kier alpha value is -0.860. The quantitative estimate of drug-likeness (QED) is 0.845. The number of hydrogen-bond acceptors (Lipinski definition) is 2. The van der Waals surface area contributed by atoms with Gasteiger partial charge in [-0.2, -0.15) is 0 Å². The van der Waals surface area contributed by atoms with Crippen molar-refractivity contribution < 1.29 is 9.84 Å². The van der Waals surface area contributed by atoms with E-state index in [4.69, 9.17) is 4.74 Å². The molecule has 2 nitrogen and oxygen atoms in total. The van der Waals surface area contributed by atoms with E-state index in [1.54, 1.807) is 0 Å². The average molecular weight is 220 g/mol. The first-order valence-corrected chi connectivity index (χ1v) is 6.21. The van der Waals surface area contributed by atoms with E-state index < -0.39 is 0 Å². The van der Waals surface area contributed by atoms with E-state index in [-0.39, 0.29) is 12.7 Å². The van der Waals surface area contributed by atoms with Gasteiger partial charge in [0.2, 0.25) is 0 Å². The molecule has 0 saturated heterocycles. The second-order valence-corrected chi connectivity index (χ2v) is 4.48. The summed E-state index contributed by atoms with van der Waals surface area (Å²) >= 11 is 0. The van der Waals surface area contributed by atoms with Crippen LogP contribution in [0.5, 0.6) is 0 Å². The Morgan fingerprint density at radius 3 is 2.44 bits per heavy atom. The largest absolute Gasteiger partial charge is 0.393 e. The van der Waals surface area contributed by atoms with Crippen LogP contribution in [-0.4, -0.2) is 17.8 Å². The van der Waals surface area contributed by atoms with Gasteiger partial charge >= 0.3 is 0 Å². The van der Waals surface area contributed by atoms with Crippen molar-refractivity contribution in [2.75, 3.05) is 6.61 Å². The summed E-state index contributed by atoms with van der Waals surface area (Å²) in [6, 6.07) is 10.00.